The predicted molar refractivity (Wildman–Crippen MR) is 58.3 cm³/mol. The molecular formula is C11H11NO5. The van der Waals surface area contributed by atoms with Gasteiger partial charge in [-0.1, -0.05) is 12.1 Å². The van der Waals surface area contributed by atoms with Gasteiger partial charge < -0.3 is 4.74 Å². The number of ether oxygens (including phenoxy) is 1. The van der Waals surface area contributed by atoms with Crippen molar-refractivity contribution < 1.29 is 19.2 Å². The Morgan fingerprint density at radius 3 is 2.35 bits per heavy atom. The summed E-state index contributed by atoms with van der Waals surface area (Å²) in [5, 5.41) is 10.8. The Hall–Kier alpha value is -2.24. The van der Waals surface area contributed by atoms with E-state index in [0.29, 0.717) is 0 Å². The van der Waals surface area contributed by atoms with E-state index < -0.39 is 22.8 Å². The van der Waals surface area contributed by atoms with E-state index in [-0.39, 0.29) is 11.3 Å². The lowest BCUT2D eigenvalue weighted by atomic mass is 10.0. The summed E-state index contributed by atoms with van der Waals surface area (Å²) in [7, 11) is 0. The van der Waals surface area contributed by atoms with Crippen LogP contribution in [0.3, 0.4) is 0 Å². The van der Waals surface area contributed by atoms with Crippen molar-refractivity contribution in [2.75, 3.05) is 0 Å². The number of benzene rings is 1. The van der Waals surface area contributed by atoms with Crippen molar-refractivity contribution in [1.29, 1.82) is 0 Å². The highest BCUT2D eigenvalue weighted by Gasteiger charge is 2.27. The van der Waals surface area contributed by atoms with Crippen molar-refractivity contribution in [3.8, 4) is 0 Å². The molecular weight excluding hydrogens is 226 g/mol. The lowest BCUT2D eigenvalue weighted by Crippen LogP contribution is -2.17. The molecule has 90 valence electrons. The number of carbonyl (C=O) groups excluding carboxylic acids is 2. The van der Waals surface area contributed by atoms with Crippen LogP contribution in [0, 0.1) is 10.1 Å². The summed E-state index contributed by atoms with van der Waals surface area (Å²) in [5.74, 6) is -1.13. The standard InChI is InChI=1S/C11H11NO5/c1-7(13)11(17-8(2)14)9-5-3-4-6-10(9)12(15)16/h3-6,11H,1-2H3/t11-/m1/s1. The van der Waals surface area contributed by atoms with Gasteiger partial charge >= 0.3 is 5.97 Å². The number of esters is 1. The van der Waals surface area contributed by atoms with Crippen LogP contribution in [-0.2, 0) is 14.3 Å². The summed E-state index contributed by atoms with van der Waals surface area (Å²) in [6, 6.07) is 5.68. The van der Waals surface area contributed by atoms with Crippen molar-refractivity contribution in [2.24, 2.45) is 0 Å². The van der Waals surface area contributed by atoms with Crippen LogP contribution >= 0.6 is 0 Å². The summed E-state index contributed by atoms with van der Waals surface area (Å²) in [6.07, 6.45) is -1.23. The Bertz CT molecular complexity index is 469. The fourth-order valence-corrected chi connectivity index (χ4v) is 1.41. The second-order valence-electron chi connectivity index (χ2n) is 3.42. The zero-order valence-electron chi connectivity index (χ0n) is 9.38. The molecule has 0 saturated heterocycles. The van der Waals surface area contributed by atoms with E-state index in [1.807, 2.05) is 0 Å². The van der Waals surface area contributed by atoms with E-state index >= 15 is 0 Å². The Morgan fingerprint density at radius 2 is 1.88 bits per heavy atom. The molecule has 0 spiro atoms. The van der Waals surface area contributed by atoms with Crippen molar-refractivity contribution in [2.45, 2.75) is 20.0 Å². The second-order valence-corrected chi connectivity index (χ2v) is 3.42. The van der Waals surface area contributed by atoms with Gasteiger partial charge in [-0.15, -0.1) is 0 Å². The number of hydrogen-bond acceptors (Lipinski definition) is 5. The summed E-state index contributed by atoms with van der Waals surface area (Å²) < 4.78 is 4.80. The minimum atomic E-state index is -1.23. The van der Waals surface area contributed by atoms with E-state index in [4.69, 9.17) is 4.74 Å². The monoisotopic (exact) mass is 237 g/mol. The molecule has 1 atom stereocenters. The van der Waals surface area contributed by atoms with Crippen LogP contribution in [0.1, 0.15) is 25.5 Å². The highest BCUT2D eigenvalue weighted by atomic mass is 16.6. The first-order chi connectivity index (χ1) is 7.93. The minimum Gasteiger partial charge on any atom is -0.449 e. The Balaban J connectivity index is 3.22. The van der Waals surface area contributed by atoms with Crippen LogP contribution in [-0.4, -0.2) is 16.7 Å². The van der Waals surface area contributed by atoms with Crippen molar-refractivity contribution in [3.05, 3.63) is 39.9 Å². The molecule has 0 saturated carbocycles. The average Bonchev–Trinajstić information content (AvgIpc) is 2.25. The molecule has 6 nitrogen and oxygen atoms in total. The fraction of sp³-hybridized carbons (Fsp3) is 0.273. The van der Waals surface area contributed by atoms with Crippen LogP contribution < -0.4 is 0 Å². The molecule has 0 aliphatic heterocycles. The molecule has 1 rings (SSSR count). The number of hydrogen-bond donors (Lipinski definition) is 0. The van der Waals surface area contributed by atoms with Gasteiger partial charge in [0.05, 0.1) is 10.5 Å². The number of ketones is 1. The third kappa shape index (κ3) is 3.10. The molecule has 0 radical (unpaired) electrons. The third-order valence-electron chi connectivity index (χ3n) is 2.07. The van der Waals surface area contributed by atoms with Crippen LogP contribution in [0.4, 0.5) is 5.69 Å². The van der Waals surface area contributed by atoms with E-state index in [2.05, 4.69) is 0 Å². The zero-order valence-corrected chi connectivity index (χ0v) is 9.38. The lowest BCUT2D eigenvalue weighted by Gasteiger charge is -2.14. The van der Waals surface area contributed by atoms with Gasteiger partial charge in [0.1, 0.15) is 0 Å². The maximum Gasteiger partial charge on any atom is 0.303 e. The zero-order chi connectivity index (χ0) is 13.0. The first kappa shape index (κ1) is 12.8. The van der Waals surface area contributed by atoms with Gasteiger partial charge in [0.25, 0.3) is 5.69 Å². The van der Waals surface area contributed by atoms with E-state index in [9.17, 15) is 19.7 Å². The van der Waals surface area contributed by atoms with E-state index in [1.165, 1.54) is 25.1 Å². The summed E-state index contributed by atoms with van der Waals surface area (Å²) >= 11 is 0. The molecule has 0 fully saturated rings. The fourth-order valence-electron chi connectivity index (χ4n) is 1.41. The highest BCUT2D eigenvalue weighted by Crippen LogP contribution is 2.28. The van der Waals surface area contributed by atoms with Gasteiger partial charge in [0.2, 0.25) is 0 Å². The molecule has 0 amide bonds. The smallest absolute Gasteiger partial charge is 0.303 e. The molecule has 0 bridgehead atoms. The van der Waals surface area contributed by atoms with Crippen molar-refractivity contribution in [3.63, 3.8) is 0 Å². The topological polar surface area (TPSA) is 86.5 Å². The molecule has 0 heterocycles. The van der Waals surface area contributed by atoms with Crippen LogP contribution in [0.5, 0.6) is 0 Å². The van der Waals surface area contributed by atoms with Crippen LogP contribution in [0.2, 0.25) is 0 Å². The third-order valence-corrected chi connectivity index (χ3v) is 2.07. The van der Waals surface area contributed by atoms with Crippen LogP contribution in [0.15, 0.2) is 24.3 Å². The molecule has 17 heavy (non-hydrogen) atoms. The van der Waals surface area contributed by atoms with Crippen molar-refractivity contribution in [1.82, 2.24) is 0 Å². The number of Topliss-reactive ketones (excluding diaryl/α,β-unsaturated/α-hetero) is 1. The Labute approximate surface area is 97.3 Å². The SMILES string of the molecule is CC(=O)O[C@H](C(C)=O)c1ccccc1[N+](=O)[O-]. The molecule has 1 aromatic rings. The quantitative estimate of drug-likeness (QED) is 0.452. The first-order valence-electron chi connectivity index (χ1n) is 4.84. The number of nitrogens with zero attached hydrogens (tertiary/aromatic N) is 1. The summed E-state index contributed by atoms with van der Waals surface area (Å²) in [5.41, 5.74) is -0.158. The highest BCUT2D eigenvalue weighted by molar-refractivity contribution is 5.85. The van der Waals surface area contributed by atoms with Crippen molar-refractivity contribution >= 4 is 17.4 Å². The van der Waals surface area contributed by atoms with Gasteiger partial charge in [-0.05, 0) is 13.0 Å². The average molecular weight is 237 g/mol. The predicted octanol–water partition coefficient (Wildman–Crippen LogP) is 1.79. The number of nitro groups is 1. The molecule has 0 aliphatic carbocycles. The second kappa shape index (κ2) is 5.20. The maximum absolute atomic E-state index is 11.4. The van der Waals surface area contributed by atoms with Gasteiger partial charge in [-0.2, -0.15) is 0 Å². The number of para-hydroxylation sites is 1. The van der Waals surface area contributed by atoms with Gasteiger partial charge in [0.15, 0.2) is 11.9 Å². The number of carbonyl (C=O) groups is 2. The van der Waals surface area contributed by atoms with E-state index in [1.54, 1.807) is 6.07 Å². The van der Waals surface area contributed by atoms with Gasteiger partial charge in [0, 0.05) is 13.0 Å². The van der Waals surface area contributed by atoms with E-state index in [0.717, 1.165) is 6.92 Å². The largest absolute Gasteiger partial charge is 0.449 e. The molecule has 1 aromatic carbocycles. The number of rotatable bonds is 4. The van der Waals surface area contributed by atoms with Gasteiger partial charge in [-0.25, -0.2) is 0 Å². The molecule has 0 aliphatic rings. The summed E-state index contributed by atoms with van der Waals surface area (Å²) in [6.45, 7) is 2.36. The van der Waals surface area contributed by atoms with Gasteiger partial charge in [-0.3, -0.25) is 19.7 Å². The van der Waals surface area contributed by atoms with Crippen LogP contribution in [0.25, 0.3) is 0 Å². The number of nitro benzene ring substituents is 1. The Morgan fingerprint density at radius 1 is 1.29 bits per heavy atom. The molecule has 6 heteroatoms. The normalized spacial score (nSPS) is 11.6. The molecule has 0 N–H and O–H groups in total. The molecule has 0 unspecified atom stereocenters. The lowest BCUT2D eigenvalue weighted by molar-refractivity contribution is -0.386. The minimum absolute atomic E-state index is 0.0835. The first-order valence-corrected chi connectivity index (χ1v) is 4.84. The maximum atomic E-state index is 11.4. The summed E-state index contributed by atoms with van der Waals surface area (Å²) in [4.78, 5) is 32.4. The molecule has 0 aromatic heterocycles. The Kier molecular flexibility index (Phi) is 3.92.